The standard InChI is InChI=1S/C15H18FNO/c1-3-7-17-10-15-14(6-8-18-15)13-5-4-12(16)9-11(13)2/h4-6,8-9,17H,3,7,10H2,1-2H3. The fraction of sp³-hybridized carbons (Fsp3) is 0.333. The first-order valence-corrected chi connectivity index (χ1v) is 6.26. The van der Waals surface area contributed by atoms with Crippen molar-refractivity contribution in [3.05, 3.63) is 47.7 Å². The second-order valence-electron chi connectivity index (χ2n) is 4.39. The third-order valence-electron chi connectivity index (χ3n) is 2.94. The third-order valence-corrected chi connectivity index (χ3v) is 2.94. The predicted octanol–water partition coefficient (Wildman–Crippen LogP) is 3.89. The molecule has 0 bridgehead atoms. The number of furan rings is 1. The molecule has 0 aliphatic rings. The van der Waals surface area contributed by atoms with Gasteiger partial charge in [-0.05, 0) is 49.2 Å². The van der Waals surface area contributed by atoms with E-state index in [4.69, 9.17) is 4.42 Å². The molecular weight excluding hydrogens is 229 g/mol. The molecule has 0 radical (unpaired) electrons. The molecule has 1 aromatic carbocycles. The van der Waals surface area contributed by atoms with Crippen molar-refractivity contribution >= 4 is 0 Å². The zero-order valence-corrected chi connectivity index (χ0v) is 10.8. The molecule has 0 aliphatic heterocycles. The molecule has 0 atom stereocenters. The summed E-state index contributed by atoms with van der Waals surface area (Å²) >= 11 is 0. The van der Waals surface area contributed by atoms with Gasteiger partial charge < -0.3 is 9.73 Å². The molecule has 1 aromatic heterocycles. The Labute approximate surface area is 107 Å². The van der Waals surface area contributed by atoms with Crippen molar-refractivity contribution in [2.45, 2.75) is 26.8 Å². The van der Waals surface area contributed by atoms with Gasteiger partial charge in [0.05, 0.1) is 12.8 Å². The largest absolute Gasteiger partial charge is 0.467 e. The highest BCUT2D eigenvalue weighted by Gasteiger charge is 2.10. The van der Waals surface area contributed by atoms with Crippen molar-refractivity contribution in [2.24, 2.45) is 0 Å². The van der Waals surface area contributed by atoms with Crippen LogP contribution in [0, 0.1) is 12.7 Å². The Morgan fingerprint density at radius 1 is 1.22 bits per heavy atom. The second kappa shape index (κ2) is 5.83. The first-order chi connectivity index (χ1) is 8.72. The third kappa shape index (κ3) is 2.79. The van der Waals surface area contributed by atoms with Crippen LogP contribution < -0.4 is 5.32 Å². The van der Waals surface area contributed by atoms with Crippen molar-refractivity contribution in [1.29, 1.82) is 0 Å². The molecule has 0 fully saturated rings. The lowest BCUT2D eigenvalue weighted by atomic mass is 10.0. The van der Waals surface area contributed by atoms with Gasteiger partial charge in [-0.2, -0.15) is 0 Å². The van der Waals surface area contributed by atoms with Crippen LogP contribution in [0.2, 0.25) is 0 Å². The lowest BCUT2D eigenvalue weighted by Crippen LogP contribution is -2.13. The SMILES string of the molecule is CCCNCc1occc1-c1ccc(F)cc1C. The maximum Gasteiger partial charge on any atom is 0.125 e. The molecule has 0 amide bonds. The second-order valence-corrected chi connectivity index (χ2v) is 4.39. The molecule has 18 heavy (non-hydrogen) atoms. The molecule has 1 N–H and O–H groups in total. The zero-order valence-electron chi connectivity index (χ0n) is 10.8. The lowest BCUT2D eigenvalue weighted by Gasteiger charge is -2.07. The van der Waals surface area contributed by atoms with E-state index in [9.17, 15) is 4.39 Å². The Morgan fingerprint density at radius 2 is 2.06 bits per heavy atom. The normalized spacial score (nSPS) is 10.8. The minimum atomic E-state index is -0.203. The number of nitrogens with one attached hydrogen (secondary N) is 1. The quantitative estimate of drug-likeness (QED) is 0.811. The van der Waals surface area contributed by atoms with Gasteiger partial charge in [-0.15, -0.1) is 0 Å². The van der Waals surface area contributed by atoms with Gasteiger partial charge in [-0.3, -0.25) is 0 Å². The Morgan fingerprint density at radius 3 is 2.78 bits per heavy atom. The summed E-state index contributed by atoms with van der Waals surface area (Å²) in [4.78, 5) is 0. The summed E-state index contributed by atoms with van der Waals surface area (Å²) in [6, 6.07) is 6.77. The van der Waals surface area contributed by atoms with E-state index in [1.807, 2.05) is 13.0 Å². The van der Waals surface area contributed by atoms with E-state index in [1.165, 1.54) is 6.07 Å². The van der Waals surface area contributed by atoms with Gasteiger partial charge in [-0.25, -0.2) is 4.39 Å². The van der Waals surface area contributed by atoms with Gasteiger partial charge in [0.25, 0.3) is 0 Å². The van der Waals surface area contributed by atoms with Crippen LogP contribution >= 0.6 is 0 Å². The molecule has 1 heterocycles. The highest BCUT2D eigenvalue weighted by atomic mass is 19.1. The number of rotatable bonds is 5. The van der Waals surface area contributed by atoms with Gasteiger partial charge >= 0.3 is 0 Å². The van der Waals surface area contributed by atoms with E-state index in [0.717, 1.165) is 35.4 Å². The topological polar surface area (TPSA) is 25.2 Å². The molecule has 3 heteroatoms. The first-order valence-electron chi connectivity index (χ1n) is 6.26. The number of halogens is 1. The molecule has 0 saturated carbocycles. The number of benzene rings is 1. The van der Waals surface area contributed by atoms with Gasteiger partial charge in [0.1, 0.15) is 11.6 Å². The maximum absolute atomic E-state index is 13.1. The summed E-state index contributed by atoms with van der Waals surface area (Å²) < 4.78 is 18.6. The fourth-order valence-corrected chi connectivity index (χ4v) is 2.03. The van der Waals surface area contributed by atoms with Crippen LogP contribution in [0.3, 0.4) is 0 Å². The van der Waals surface area contributed by atoms with Crippen LogP contribution in [0.5, 0.6) is 0 Å². The molecule has 2 nitrogen and oxygen atoms in total. The predicted molar refractivity (Wildman–Crippen MR) is 70.8 cm³/mol. The van der Waals surface area contributed by atoms with Crippen molar-refractivity contribution in [3.8, 4) is 11.1 Å². The fourth-order valence-electron chi connectivity index (χ4n) is 2.03. The van der Waals surface area contributed by atoms with Crippen molar-refractivity contribution in [3.63, 3.8) is 0 Å². The molecule has 0 spiro atoms. The van der Waals surface area contributed by atoms with Gasteiger partial charge in [0, 0.05) is 5.56 Å². The van der Waals surface area contributed by atoms with Crippen molar-refractivity contribution < 1.29 is 8.81 Å². The molecule has 2 rings (SSSR count). The van der Waals surface area contributed by atoms with E-state index in [-0.39, 0.29) is 5.82 Å². The van der Waals surface area contributed by atoms with E-state index in [1.54, 1.807) is 18.4 Å². The van der Waals surface area contributed by atoms with Crippen LogP contribution in [0.25, 0.3) is 11.1 Å². The van der Waals surface area contributed by atoms with Gasteiger partial charge in [0.15, 0.2) is 0 Å². The molecule has 0 saturated heterocycles. The Bertz CT molecular complexity index is 519. The van der Waals surface area contributed by atoms with Crippen molar-refractivity contribution in [2.75, 3.05) is 6.54 Å². The Kier molecular flexibility index (Phi) is 4.15. The highest BCUT2D eigenvalue weighted by Crippen LogP contribution is 2.28. The number of aryl methyl sites for hydroxylation is 1. The zero-order chi connectivity index (χ0) is 13.0. The van der Waals surface area contributed by atoms with Crippen LogP contribution in [0.15, 0.2) is 34.9 Å². The number of hydrogen-bond acceptors (Lipinski definition) is 2. The molecular formula is C15H18FNO. The summed E-state index contributed by atoms with van der Waals surface area (Å²) in [5, 5.41) is 3.31. The van der Waals surface area contributed by atoms with Gasteiger partial charge in [0.2, 0.25) is 0 Å². The average Bonchev–Trinajstić information content (AvgIpc) is 2.78. The van der Waals surface area contributed by atoms with Crippen LogP contribution in [-0.2, 0) is 6.54 Å². The lowest BCUT2D eigenvalue weighted by molar-refractivity contribution is 0.484. The molecule has 0 unspecified atom stereocenters. The average molecular weight is 247 g/mol. The number of hydrogen-bond donors (Lipinski definition) is 1. The summed E-state index contributed by atoms with van der Waals surface area (Å²) in [5.74, 6) is 0.698. The van der Waals surface area contributed by atoms with Crippen LogP contribution in [0.4, 0.5) is 4.39 Å². The summed E-state index contributed by atoms with van der Waals surface area (Å²) in [6.45, 7) is 5.70. The minimum absolute atomic E-state index is 0.203. The summed E-state index contributed by atoms with van der Waals surface area (Å²) in [6.07, 6.45) is 2.77. The monoisotopic (exact) mass is 247 g/mol. The Hall–Kier alpha value is -1.61. The minimum Gasteiger partial charge on any atom is -0.467 e. The maximum atomic E-state index is 13.1. The van der Waals surface area contributed by atoms with E-state index in [2.05, 4.69) is 12.2 Å². The van der Waals surface area contributed by atoms with Crippen LogP contribution in [0.1, 0.15) is 24.7 Å². The summed E-state index contributed by atoms with van der Waals surface area (Å²) in [7, 11) is 0. The Balaban J connectivity index is 2.25. The van der Waals surface area contributed by atoms with E-state index < -0.39 is 0 Å². The molecule has 96 valence electrons. The summed E-state index contributed by atoms with van der Waals surface area (Å²) in [5.41, 5.74) is 2.99. The van der Waals surface area contributed by atoms with E-state index >= 15 is 0 Å². The van der Waals surface area contributed by atoms with Crippen LogP contribution in [-0.4, -0.2) is 6.54 Å². The molecule has 0 aliphatic carbocycles. The van der Waals surface area contributed by atoms with Crippen molar-refractivity contribution in [1.82, 2.24) is 5.32 Å². The highest BCUT2D eigenvalue weighted by molar-refractivity contribution is 5.68. The van der Waals surface area contributed by atoms with Gasteiger partial charge in [-0.1, -0.05) is 13.0 Å². The smallest absolute Gasteiger partial charge is 0.125 e. The van der Waals surface area contributed by atoms with E-state index in [0.29, 0.717) is 6.54 Å². The first kappa shape index (κ1) is 12.8. The molecule has 2 aromatic rings.